The van der Waals surface area contributed by atoms with Crippen LogP contribution in [0, 0.1) is 6.92 Å². The summed E-state index contributed by atoms with van der Waals surface area (Å²) in [5, 5.41) is 7.13. The lowest BCUT2D eigenvalue weighted by molar-refractivity contribution is 0.0931. The number of carbonyl (C=O) groups excluding carboxylic acids is 1. The molecule has 2 aromatic rings. The Balaban J connectivity index is 1.70. The van der Waals surface area contributed by atoms with Gasteiger partial charge < -0.3 is 15.1 Å². The standard InChI is InChI=1S/C16H18N2O2/c1-11-2-3-14-13(8-11)9-15(20-14)16(19)18-10-12-4-6-17-7-5-12/h2-4,8-9,17H,5-7,10H2,1H3,(H,18,19). The largest absolute Gasteiger partial charge is 0.451 e. The van der Waals surface area contributed by atoms with Crippen molar-refractivity contribution in [2.24, 2.45) is 0 Å². The van der Waals surface area contributed by atoms with Crippen molar-refractivity contribution in [2.45, 2.75) is 13.3 Å². The molecule has 0 radical (unpaired) electrons. The maximum absolute atomic E-state index is 12.1. The van der Waals surface area contributed by atoms with E-state index in [1.807, 2.05) is 25.1 Å². The first-order chi connectivity index (χ1) is 9.72. The van der Waals surface area contributed by atoms with Crippen LogP contribution in [0.3, 0.4) is 0 Å². The average molecular weight is 270 g/mol. The van der Waals surface area contributed by atoms with Crippen molar-refractivity contribution in [3.63, 3.8) is 0 Å². The Morgan fingerprint density at radius 2 is 2.30 bits per heavy atom. The van der Waals surface area contributed by atoms with E-state index in [2.05, 4.69) is 16.7 Å². The van der Waals surface area contributed by atoms with Crippen LogP contribution in [0.4, 0.5) is 0 Å². The van der Waals surface area contributed by atoms with E-state index in [9.17, 15) is 4.79 Å². The number of aryl methyl sites for hydroxylation is 1. The summed E-state index contributed by atoms with van der Waals surface area (Å²) in [4.78, 5) is 12.1. The molecular weight excluding hydrogens is 252 g/mol. The molecule has 1 aliphatic rings. The van der Waals surface area contributed by atoms with Crippen molar-refractivity contribution in [2.75, 3.05) is 19.6 Å². The molecule has 2 heterocycles. The minimum Gasteiger partial charge on any atom is -0.451 e. The summed E-state index contributed by atoms with van der Waals surface area (Å²) < 4.78 is 5.58. The zero-order valence-corrected chi connectivity index (χ0v) is 11.5. The Bertz CT molecular complexity index is 670. The number of furan rings is 1. The summed E-state index contributed by atoms with van der Waals surface area (Å²) in [5.41, 5.74) is 3.18. The second kappa shape index (κ2) is 5.51. The summed E-state index contributed by atoms with van der Waals surface area (Å²) in [5.74, 6) is 0.221. The van der Waals surface area contributed by atoms with Crippen LogP contribution in [-0.2, 0) is 0 Å². The van der Waals surface area contributed by atoms with E-state index in [1.54, 1.807) is 6.07 Å². The lowest BCUT2D eigenvalue weighted by Gasteiger charge is -2.13. The molecule has 104 valence electrons. The minimum absolute atomic E-state index is 0.154. The maximum atomic E-state index is 12.1. The van der Waals surface area contributed by atoms with Gasteiger partial charge in [-0.1, -0.05) is 23.3 Å². The number of rotatable bonds is 3. The topological polar surface area (TPSA) is 54.3 Å². The molecule has 0 bridgehead atoms. The summed E-state index contributed by atoms with van der Waals surface area (Å²) in [6.07, 6.45) is 3.12. The highest BCUT2D eigenvalue weighted by molar-refractivity contribution is 5.96. The Morgan fingerprint density at radius 1 is 1.40 bits per heavy atom. The van der Waals surface area contributed by atoms with Crippen molar-refractivity contribution in [1.29, 1.82) is 0 Å². The van der Waals surface area contributed by atoms with Crippen molar-refractivity contribution in [3.8, 4) is 0 Å². The van der Waals surface area contributed by atoms with Gasteiger partial charge in [0.15, 0.2) is 5.76 Å². The molecule has 1 amide bonds. The van der Waals surface area contributed by atoms with Crippen LogP contribution in [0.1, 0.15) is 22.5 Å². The van der Waals surface area contributed by atoms with Gasteiger partial charge in [0.05, 0.1) is 0 Å². The number of amides is 1. The van der Waals surface area contributed by atoms with Crippen LogP contribution >= 0.6 is 0 Å². The lowest BCUT2D eigenvalue weighted by Crippen LogP contribution is -2.29. The fraction of sp³-hybridized carbons (Fsp3) is 0.312. The second-order valence-electron chi connectivity index (χ2n) is 5.15. The molecule has 4 heteroatoms. The van der Waals surface area contributed by atoms with Crippen molar-refractivity contribution >= 4 is 16.9 Å². The predicted molar refractivity (Wildman–Crippen MR) is 78.9 cm³/mol. The van der Waals surface area contributed by atoms with Crippen molar-refractivity contribution in [3.05, 3.63) is 47.2 Å². The number of hydrogen-bond acceptors (Lipinski definition) is 3. The number of fused-ring (bicyclic) bond motifs is 1. The van der Waals surface area contributed by atoms with Crippen molar-refractivity contribution < 1.29 is 9.21 Å². The molecule has 0 spiro atoms. The van der Waals surface area contributed by atoms with Gasteiger partial charge >= 0.3 is 0 Å². The highest BCUT2D eigenvalue weighted by Crippen LogP contribution is 2.20. The smallest absolute Gasteiger partial charge is 0.287 e. The first-order valence-corrected chi connectivity index (χ1v) is 6.89. The molecule has 0 fully saturated rings. The quantitative estimate of drug-likeness (QED) is 0.842. The molecule has 1 aromatic heterocycles. The van der Waals surface area contributed by atoms with E-state index >= 15 is 0 Å². The number of hydrogen-bond donors (Lipinski definition) is 2. The molecule has 3 rings (SSSR count). The van der Waals surface area contributed by atoms with Crippen LogP contribution in [-0.4, -0.2) is 25.5 Å². The van der Waals surface area contributed by atoms with Gasteiger partial charge in [0.1, 0.15) is 5.58 Å². The summed E-state index contributed by atoms with van der Waals surface area (Å²) in [6.45, 7) is 4.48. The van der Waals surface area contributed by atoms with Gasteiger partial charge in [0.2, 0.25) is 0 Å². The fourth-order valence-electron chi connectivity index (χ4n) is 2.39. The maximum Gasteiger partial charge on any atom is 0.287 e. The molecule has 0 saturated heterocycles. The zero-order valence-electron chi connectivity index (χ0n) is 11.5. The Labute approximate surface area is 117 Å². The van der Waals surface area contributed by atoms with Gasteiger partial charge in [-0.15, -0.1) is 0 Å². The number of benzene rings is 1. The highest BCUT2D eigenvalue weighted by atomic mass is 16.3. The number of carbonyl (C=O) groups is 1. The highest BCUT2D eigenvalue weighted by Gasteiger charge is 2.13. The fourth-order valence-corrected chi connectivity index (χ4v) is 2.39. The Kier molecular flexibility index (Phi) is 3.56. The normalized spacial score (nSPS) is 15.2. The summed E-state index contributed by atoms with van der Waals surface area (Å²) in [7, 11) is 0. The van der Waals surface area contributed by atoms with Crippen LogP contribution < -0.4 is 10.6 Å². The Morgan fingerprint density at radius 3 is 3.10 bits per heavy atom. The number of nitrogens with one attached hydrogen (secondary N) is 2. The Hall–Kier alpha value is -2.07. The molecule has 2 N–H and O–H groups in total. The molecule has 0 saturated carbocycles. The molecule has 20 heavy (non-hydrogen) atoms. The summed E-state index contributed by atoms with van der Waals surface area (Å²) in [6, 6.07) is 7.70. The van der Waals surface area contributed by atoms with Gasteiger partial charge in [-0.3, -0.25) is 4.79 Å². The SMILES string of the molecule is Cc1ccc2oc(C(=O)NCC3=CCNCC3)cc2c1. The molecule has 1 aliphatic heterocycles. The monoisotopic (exact) mass is 270 g/mol. The molecule has 0 unspecified atom stereocenters. The molecule has 0 aliphatic carbocycles. The molecular formula is C16H18N2O2. The van der Waals surface area contributed by atoms with E-state index in [1.165, 1.54) is 5.57 Å². The van der Waals surface area contributed by atoms with E-state index in [0.717, 1.165) is 36.0 Å². The van der Waals surface area contributed by atoms with Crippen molar-refractivity contribution in [1.82, 2.24) is 10.6 Å². The zero-order chi connectivity index (χ0) is 13.9. The van der Waals surface area contributed by atoms with Crippen LogP contribution in [0.5, 0.6) is 0 Å². The first kappa shape index (κ1) is 12.9. The van der Waals surface area contributed by atoms with E-state index in [0.29, 0.717) is 12.3 Å². The van der Waals surface area contributed by atoms with Gasteiger partial charge in [0.25, 0.3) is 5.91 Å². The third-order valence-electron chi connectivity index (χ3n) is 3.53. The van der Waals surface area contributed by atoms with Gasteiger partial charge in [-0.2, -0.15) is 0 Å². The van der Waals surface area contributed by atoms with E-state index in [4.69, 9.17) is 4.42 Å². The van der Waals surface area contributed by atoms with Crippen LogP contribution in [0.2, 0.25) is 0 Å². The molecule has 4 nitrogen and oxygen atoms in total. The minimum atomic E-state index is -0.154. The van der Waals surface area contributed by atoms with Gasteiger partial charge in [0, 0.05) is 18.5 Å². The first-order valence-electron chi connectivity index (χ1n) is 6.89. The second-order valence-corrected chi connectivity index (χ2v) is 5.15. The van der Waals surface area contributed by atoms with Crippen LogP contribution in [0.15, 0.2) is 40.3 Å². The summed E-state index contributed by atoms with van der Waals surface area (Å²) >= 11 is 0. The third-order valence-corrected chi connectivity index (χ3v) is 3.53. The molecule has 1 aromatic carbocycles. The third kappa shape index (κ3) is 2.75. The lowest BCUT2D eigenvalue weighted by atomic mass is 10.1. The molecule has 0 atom stereocenters. The van der Waals surface area contributed by atoms with Crippen LogP contribution in [0.25, 0.3) is 11.0 Å². The van der Waals surface area contributed by atoms with Gasteiger partial charge in [-0.05, 0) is 38.1 Å². The predicted octanol–water partition coefficient (Wildman–Crippen LogP) is 2.39. The van der Waals surface area contributed by atoms with E-state index < -0.39 is 0 Å². The van der Waals surface area contributed by atoms with E-state index in [-0.39, 0.29) is 5.91 Å². The van der Waals surface area contributed by atoms with Gasteiger partial charge in [-0.25, -0.2) is 0 Å². The average Bonchev–Trinajstić information content (AvgIpc) is 2.89.